The second-order valence-electron chi connectivity index (χ2n) is 7.55. The third kappa shape index (κ3) is 2.90. The fourth-order valence-electron chi connectivity index (χ4n) is 4.02. The van der Waals surface area contributed by atoms with Gasteiger partial charge in [-0.1, -0.05) is 48.5 Å². The molecule has 4 nitrogen and oxygen atoms in total. The van der Waals surface area contributed by atoms with Crippen LogP contribution in [0.3, 0.4) is 0 Å². The molecule has 1 fully saturated rings. The van der Waals surface area contributed by atoms with Crippen molar-refractivity contribution >= 4 is 16.8 Å². The molecule has 1 aliphatic heterocycles. The highest BCUT2D eigenvalue weighted by Crippen LogP contribution is 2.29. The molecule has 2 heterocycles. The van der Waals surface area contributed by atoms with Gasteiger partial charge in [0.1, 0.15) is 6.04 Å². The molecule has 1 saturated heterocycles. The van der Waals surface area contributed by atoms with E-state index in [1.165, 1.54) is 5.56 Å². The molecule has 4 heteroatoms. The van der Waals surface area contributed by atoms with E-state index in [2.05, 4.69) is 49.3 Å². The van der Waals surface area contributed by atoms with Gasteiger partial charge in [0, 0.05) is 22.7 Å². The molecule has 0 bridgehead atoms. The molecular formula is C22H26N3O+. The summed E-state index contributed by atoms with van der Waals surface area (Å²) in [6, 6.07) is 19.1. The van der Waals surface area contributed by atoms with Crippen molar-refractivity contribution in [3.63, 3.8) is 0 Å². The maximum absolute atomic E-state index is 13.0. The van der Waals surface area contributed by atoms with E-state index in [9.17, 15) is 4.79 Å². The number of carbonyl (C=O) groups is 1. The van der Waals surface area contributed by atoms with Gasteiger partial charge < -0.3 is 14.4 Å². The number of nitrogens with one attached hydrogen (secondary N) is 1. The third-order valence-electron chi connectivity index (χ3n) is 6.09. The Morgan fingerprint density at radius 2 is 1.69 bits per heavy atom. The number of piperazine rings is 1. The number of aromatic nitrogens is 1. The molecule has 1 atom stereocenters. The third-order valence-corrected chi connectivity index (χ3v) is 6.09. The maximum atomic E-state index is 13.0. The Morgan fingerprint density at radius 1 is 1.04 bits per heavy atom. The smallest absolute Gasteiger partial charge is 0.256 e. The molecule has 0 aliphatic carbocycles. The van der Waals surface area contributed by atoms with Crippen molar-refractivity contribution in [1.29, 1.82) is 0 Å². The van der Waals surface area contributed by atoms with Crippen LogP contribution in [-0.4, -0.2) is 53.5 Å². The summed E-state index contributed by atoms with van der Waals surface area (Å²) in [5, 5.41) is 1.01. The van der Waals surface area contributed by atoms with Gasteiger partial charge >= 0.3 is 0 Å². The monoisotopic (exact) mass is 348 g/mol. The lowest BCUT2D eigenvalue weighted by Crippen LogP contribution is -2.59. The van der Waals surface area contributed by atoms with Gasteiger partial charge in [-0.05, 0) is 13.0 Å². The van der Waals surface area contributed by atoms with E-state index in [-0.39, 0.29) is 5.91 Å². The molecule has 0 radical (unpaired) electrons. The molecule has 4 rings (SSSR count). The lowest BCUT2D eigenvalue weighted by Gasteiger charge is -2.46. The number of nitrogens with zero attached hydrogens (tertiary/aromatic N) is 2. The van der Waals surface area contributed by atoms with Crippen LogP contribution in [0, 0.1) is 0 Å². The van der Waals surface area contributed by atoms with Crippen molar-refractivity contribution in [3.05, 3.63) is 71.9 Å². The van der Waals surface area contributed by atoms with Gasteiger partial charge in [-0.3, -0.25) is 4.79 Å². The fourth-order valence-corrected chi connectivity index (χ4v) is 4.02. The summed E-state index contributed by atoms with van der Waals surface area (Å²) in [4.78, 5) is 18.2. The molecule has 1 aliphatic rings. The summed E-state index contributed by atoms with van der Waals surface area (Å²) in [6.45, 7) is 5.85. The summed E-state index contributed by atoms with van der Waals surface area (Å²) >= 11 is 0. The standard InChI is InChI=1S/C22H25N3O/c1-17(18-8-4-3-5-9-18)25(2)14-12-24(13-15-25)22(26)20-16-23-21-11-7-6-10-19(20)21/h3-11,16-17H,12-15H2,1-2H3/p+1. The van der Waals surface area contributed by atoms with Gasteiger partial charge in [0.05, 0.1) is 38.8 Å². The van der Waals surface area contributed by atoms with Crippen LogP contribution in [-0.2, 0) is 0 Å². The summed E-state index contributed by atoms with van der Waals surface area (Å²) in [7, 11) is 2.31. The van der Waals surface area contributed by atoms with Gasteiger partial charge in [-0.15, -0.1) is 0 Å². The minimum absolute atomic E-state index is 0.140. The van der Waals surface area contributed by atoms with Crippen LogP contribution < -0.4 is 0 Å². The number of hydrogen-bond donors (Lipinski definition) is 1. The van der Waals surface area contributed by atoms with E-state index in [0.717, 1.165) is 47.1 Å². The van der Waals surface area contributed by atoms with E-state index < -0.39 is 0 Å². The highest BCUT2D eigenvalue weighted by atomic mass is 16.2. The lowest BCUT2D eigenvalue weighted by atomic mass is 10.0. The van der Waals surface area contributed by atoms with Crippen molar-refractivity contribution in [2.45, 2.75) is 13.0 Å². The number of benzene rings is 2. The topological polar surface area (TPSA) is 36.1 Å². The zero-order valence-corrected chi connectivity index (χ0v) is 15.5. The average Bonchev–Trinajstić information content (AvgIpc) is 3.12. The van der Waals surface area contributed by atoms with E-state index in [1.54, 1.807) is 0 Å². The molecule has 1 unspecified atom stereocenters. The Hall–Kier alpha value is -2.59. The van der Waals surface area contributed by atoms with Crippen LogP contribution in [0.1, 0.15) is 28.9 Å². The first kappa shape index (κ1) is 16.9. The Morgan fingerprint density at radius 3 is 2.42 bits per heavy atom. The number of fused-ring (bicyclic) bond motifs is 1. The molecule has 1 amide bonds. The van der Waals surface area contributed by atoms with Crippen LogP contribution in [0.5, 0.6) is 0 Å². The van der Waals surface area contributed by atoms with Crippen molar-refractivity contribution in [2.24, 2.45) is 0 Å². The second kappa shape index (κ2) is 6.61. The van der Waals surface area contributed by atoms with E-state index in [4.69, 9.17) is 0 Å². The molecule has 1 N–H and O–H groups in total. The van der Waals surface area contributed by atoms with Crippen LogP contribution in [0.25, 0.3) is 10.9 Å². The first-order valence-corrected chi connectivity index (χ1v) is 9.33. The first-order valence-electron chi connectivity index (χ1n) is 9.33. The van der Waals surface area contributed by atoms with Gasteiger partial charge in [-0.2, -0.15) is 0 Å². The average molecular weight is 348 g/mol. The van der Waals surface area contributed by atoms with Crippen molar-refractivity contribution in [2.75, 3.05) is 33.2 Å². The largest absolute Gasteiger partial charge is 0.360 e. The molecular weight excluding hydrogens is 322 g/mol. The van der Waals surface area contributed by atoms with Gasteiger partial charge in [0.25, 0.3) is 5.91 Å². The minimum Gasteiger partial charge on any atom is -0.360 e. The van der Waals surface area contributed by atoms with E-state index in [1.807, 2.05) is 35.4 Å². The molecule has 2 aromatic carbocycles. The zero-order chi connectivity index (χ0) is 18.1. The Balaban J connectivity index is 1.48. The van der Waals surface area contributed by atoms with Crippen LogP contribution >= 0.6 is 0 Å². The van der Waals surface area contributed by atoms with E-state index in [0.29, 0.717) is 6.04 Å². The predicted octanol–water partition coefficient (Wildman–Crippen LogP) is 3.83. The molecule has 26 heavy (non-hydrogen) atoms. The normalized spacial score (nSPS) is 18.0. The number of H-pyrrole nitrogens is 1. The number of aromatic amines is 1. The number of rotatable bonds is 3. The van der Waals surface area contributed by atoms with Crippen molar-refractivity contribution in [1.82, 2.24) is 9.88 Å². The number of para-hydroxylation sites is 1. The molecule has 3 aromatic rings. The first-order chi connectivity index (χ1) is 12.6. The summed E-state index contributed by atoms with van der Waals surface area (Å²) in [6.07, 6.45) is 1.85. The highest BCUT2D eigenvalue weighted by molar-refractivity contribution is 6.06. The maximum Gasteiger partial charge on any atom is 0.256 e. The molecule has 134 valence electrons. The quantitative estimate of drug-likeness (QED) is 0.718. The number of likely N-dealkylation sites (N-methyl/N-ethyl adjacent to an activating group) is 1. The zero-order valence-electron chi connectivity index (χ0n) is 15.5. The van der Waals surface area contributed by atoms with Gasteiger partial charge in [0.2, 0.25) is 0 Å². The minimum atomic E-state index is 0.140. The predicted molar refractivity (Wildman–Crippen MR) is 105 cm³/mol. The van der Waals surface area contributed by atoms with Gasteiger partial charge in [-0.25, -0.2) is 0 Å². The van der Waals surface area contributed by atoms with Crippen LogP contribution in [0.15, 0.2) is 60.8 Å². The number of carbonyl (C=O) groups excluding carboxylic acids is 1. The molecule has 0 saturated carbocycles. The second-order valence-corrected chi connectivity index (χ2v) is 7.55. The SMILES string of the molecule is CC(c1ccccc1)[N+]1(C)CCN(C(=O)c2c[nH]c3ccccc23)CC1. The van der Waals surface area contributed by atoms with E-state index >= 15 is 0 Å². The van der Waals surface area contributed by atoms with Crippen LogP contribution in [0.2, 0.25) is 0 Å². The Kier molecular flexibility index (Phi) is 4.29. The molecule has 1 aromatic heterocycles. The number of amides is 1. The Bertz CT molecular complexity index is 907. The van der Waals surface area contributed by atoms with Crippen molar-refractivity contribution < 1.29 is 9.28 Å². The summed E-state index contributed by atoms with van der Waals surface area (Å²) < 4.78 is 0.974. The number of quaternary nitrogens is 1. The lowest BCUT2D eigenvalue weighted by molar-refractivity contribution is -0.940. The highest BCUT2D eigenvalue weighted by Gasteiger charge is 2.36. The van der Waals surface area contributed by atoms with Crippen molar-refractivity contribution in [3.8, 4) is 0 Å². The summed E-state index contributed by atoms with van der Waals surface area (Å²) in [5.74, 6) is 0.140. The Labute approximate surface area is 154 Å². The van der Waals surface area contributed by atoms with Gasteiger partial charge in [0.15, 0.2) is 0 Å². The fraction of sp³-hybridized carbons (Fsp3) is 0.318. The molecule has 0 spiro atoms. The number of hydrogen-bond acceptors (Lipinski definition) is 1. The van der Waals surface area contributed by atoms with Crippen LogP contribution in [0.4, 0.5) is 0 Å². The summed E-state index contributed by atoms with van der Waals surface area (Å²) in [5.41, 5.74) is 3.17.